The van der Waals surface area contributed by atoms with Gasteiger partial charge in [-0.1, -0.05) is 17.7 Å². The summed E-state index contributed by atoms with van der Waals surface area (Å²) in [7, 11) is 0. The molecule has 1 fully saturated rings. The molecule has 1 aromatic carbocycles. The second-order valence-electron chi connectivity index (χ2n) is 6.57. The van der Waals surface area contributed by atoms with Crippen LogP contribution in [0.25, 0.3) is 0 Å². The van der Waals surface area contributed by atoms with Crippen molar-refractivity contribution in [3.63, 3.8) is 0 Å². The summed E-state index contributed by atoms with van der Waals surface area (Å²) in [5, 5.41) is 0.300. The van der Waals surface area contributed by atoms with Crippen LogP contribution in [0.1, 0.15) is 39.7 Å². The fraction of sp³-hybridized carbons (Fsp3) is 0.562. The number of benzene rings is 1. The van der Waals surface area contributed by atoms with Crippen molar-refractivity contribution in [1.82, 2.24) is 0 Å². The third-order valence-electron chi connectivity index (χ3n) is 3.88. The first-order chi connectivity index (χ1) is 9.12. The topological polar surface area (TPSA) is 26.3 Å². The SMILES string of the molecule is CC1(C)CC(C(=O)Cc2c(F)cccc2Cl)C(C)(C)O1. The van der Waals surface area contributed by atoms with Crippen molar-refractivity contribution in [1.29, 1.82) is 0 Å². The molecule has 0 spiro atoms. The second kappa shape index (κ2) is 5.12. The van der Waals surface area contributed by atoms with Gasteiger partial charge in [-0.25, -0.2) is 4.39 Å². The molecule has 0 amide bonds. The number of hydrogen-bond donors (Lipinski definition) is 0. The van der Waals surface area contributed by atoms with Gasteiger partial charge in [-0.05, 0) is 46.2 Å². The van der Waals surface area contributed by atoms with Gasteiger partial charge >= 0.3 is 0 Å². The molecule has 1 atom stereocenters. The molecule has 2 rings (SSSR count). The highest BCUT2D eigenvalue weighted by Crippen LogP contribution is 2.43. The predicted octanol–water partition coefficient (Wildman–Crippen LogP) is 4.18. The predicted molar refractivity (Wildman–Crippen MR) is 77.5 cm³/mol. The molecule has 1 saturated heterocycles. The standard InChI is InChI=1S/C16H20ClFO2/c1-15(2)9-11(16(3,4)20-15)14(19)8-10-12(17)6-5-7-13(10)18/h5-7,11H,8-9H2,1-4H3. The Hall–Kier alpha value is -0.930. The number of ether oxygens (including phenoxy) is 1. The maximum Gasteiger partial charge on any atom is 0.143 e. The minimum atomic E-state index is -0.529. The summed E-state index contributed by atoms with van der Waals surface area (Å²) in [6.45, 7) is 7.76. The summed E-state index contributed by atoms with van der Waals surface area (Å²) < 4.78 is 19.7. The lowest BCUT2D eigenvalue weighted by Gasteiger charge is -2.26. The van der Waals surface area contributed by atoms with E-state index in [0.717, 1.165) is 0 Å². The van der Waals surface area contributed by atoms with E-state index in [1.165, 1.54) is 12.1 Å². The Morgan fingerprint density at radius 2 is 2.05 bits per heavy atom. The number of hydrogen-bond acceptors (Lipinski definition) is 2. The third-order valence-corrected chi connectivity index (χ3v) is 4.23. The summed E-state index contributed by atoms with van der Waals surface area (Å²) in [5.74, 6) is -0.692. The fourth-order valence-electron chi connectivity index (χ4n) is 3.06. The van der Waals surface area contributed by atoms with Crippen molar-refractivity contribution < 1.29 is 13.9 Å². The monoisotopic (exact) mass is 298 g/mol. The Morgan fingerprint density at radius 3 is 2.55 bits per heavy atom. The first-order valence-electron chi connectivity index (χ1n) is 6.78. The molecule has 1 aliphatic heterocycles. The van der Waals surface area contributed by atoms with E-state index in [4.69, 9.17) is 16.3 Å². The number of carbonyl (C=O) groups excluding carboxylic acids is 1. The molecule has 1 heterocycles. The molecule has 2 nitrogen and oxygen atoms in total. The van der Waals surface area contributed by atoms with Crippen molar-refractivity contribution in [2.45, 2.75) is 51.7 Å². The Balaban J connectivity index is 2.21. The van der Waals surface area contributed by atoms with Gasteiger partial charge in [0.05, 0.1) is 11.2 Å². The normalized spacial score (nSPS) is 23.8. The van der Waals surface area contributed by atoms with E-state index in [1.54, 1.807) is 6.07 Å². The Bertz CT molecular complexity index is 517. The van der Waals surface area contributed by atoms with Crippen molar-refractivity contribution in [2.24, 2.45) is 5.92 Å². The molecule has 0 saturated carbocycles. The molecule has 20 heavy (non-hydrogen) atoms. The highest BCUT2D eigenvalue weighted by Gasteiger charge is 2.48. The zero-order chi connectivity index (χ0) is 15.1. The minimum Gasteiger partial charge on any atom is -0.369 e. The first-order valence-corrected chi connectivity index (χ1v) is 7.16. The van der Waals surface area contributed by atoms with Crippen LogP contribution in [0.4, 0.5) is 4.39 Å². The first kappa shape index (κ1) is 15.5. The summed E-state index contributed by atoms with van der Waals surface area (Å²) >= 11 is 5.98. The molecule has 0 bridgehead atoms. The average Bonchev–Trinajstić information content (AvgIpc) is 2.52. The van der Waals surface area contributed by atoms with Crippen LogP contribution in [0.5, 0.6) is 0 Å². The number of rotatable bonds is 3. The number of halogens is 2. The van der Waals surface area contributed by atoms with Crippen molar-refractivity contribution in [2.75, 3.05) is 0 Å². The zero-order valence-electron chi connectivity index (χ0n) is 12.3. The minimum absolute atomic E-state index is 0.0129. The van der Waals surface area contributed by atoms with Gasteiger partial charge in [0, 0.05) is 22.9 Å². The van der Waals surface area contributed by atoms with E-state index < -0.39 is 11.4 Å². The van der Waals surface area contributed by atoms with Gasteiger partial charge < -0.3 is 4.74 Å². The van der Waals surface area contributed by atoms with Crippen LogP contribution in [0.15, 0.2) is 18.2 Å². The molecule has 0 aliphatic carbocycles. The van der Waals surface area contributed by atoms with E-state index in [1.807, 2.05) is 27.7 Å². The molecular weight excluding hydrogens is 279 g/mol. The molecule has 1 unspecified atom stereocenters. The average molecular weight is 299 g/mol. The van der Waals surface area contributed by atoms with E-state index in [-0.39, 0.29) is 29.3 Å². The fourth-order valence-corrected chi connectivity index (χ4v) is 3.29. The zero-order valence-corrected chi connectivity index (χ0v) is 13.1. The van der Waals surface area contributed by atoms with Crippen LogP contribution in [0.3, 0.4) is 0 Å². The molecule has 0 radical (unpaired) electrons. The Labute approximate surface area is 124 Å². The highest BCUT2D eigenvalue weighted by molar-refractivity contribution is 6.31. The quantitative estimate of drug-likeness (QED) is 0.836. The molecule has 110 valence electrons. The maximum atomic E-state index is 13.8. The van der Waals surface area contributed by atoms with Crippen LogP contribution < -0.4 is 0 Å². The molecule has 0 N–H and O–H groups in total. The van der Waals surface area contributed by atoms with Crippen molar-refractivity contribution >= 4 is 17.4 Å². The van der Waals surface area contributed by atoms with E-state index in [9.17, 15) is 9.18 Å². The lowest BCUT2D eigenvalue weighted by molar-refractivity contribution is -0.128. The van der Waals surface area contributed by atoms with Crippen molar-refractivity contribution in [3.05, 3.63) is 34.6 Å². The van der Waals surface area contributed by atoms with Crippen molar-refractivity contribution in [3.8, 4) is 0 Å². The third kappa shape index (κ3) is 3.04. The molecule has 1 aromatic rings. The Kier molecular flexibility index (Phi) is 3.96. The van der Waals surface area contributed by atoms with Crippen LogP contribution in [-0.2, 0) is 16.0 Å². The van der Waals surface area contributed by atoms with Gasteiger partial charge in [-0.3, -0.25) is 4.79 Å². The van der Waals surface area contributed by atoms with E-state index >= 15 is 0 Å². The van der Waals surface area contributed by atoms with Crippen LogP contribution in [0.2, 0.25) is 5.02 Å². The molecule has 0 aromatic heterocycles. The van der Waals surface area contributed by atoms with Gasteiger partial charge in [-0.15, -0.1) is 0 Å². The van der Waals surface area contributed by atoms with E-state index in [2.05, 4.69) is 0 Å². The summed E-state index contributed by atoms with van der Waals surface area (Å²) in [6, 6.07) is 4.47. The number of ketones is 1. The largest absolute Gasteiger partial charge is 0.369 e. The van der Waals surface area contributed by atoms with Gasteiger partial charge in [0.2, 0.25) is 0 Å². The molecular formula is C16H20ClFO2. The smallest absolute Gasteiger partial charge is 0.143 e. The lowest BCUT2D eigenvalue weighted by Crippen LogP contribution is -2.34. The van der Waals surface area contributed by atoms with Crippen LogP contribution in [-0.4, -0.2) is 17.0 Å². The second-order valence-corrected chi connectivity index (χ2v) is 6.97. The van der Waals surface area contributed by atoms with Crippen LogP contribution >= 0.6 is 11.6 Å². The summed E-state index contributed by atoms with van der Waals surface area (Å²) in [5.41, 5.74) is -0.582. The summed E-state index contributed by atoms with van der Waals surface area (Å²) in [6.07, 6.45) is 0.657. The number of Topliss-reactive ketones (excluding diaryl/α,β-unsaturated/α-hetero) is 1. The van der Waals surface area contributed by atoms with Gasteiger partial charge in [0.1, 0.15) is 11.6 Å². The molecule has 4 heteroatoms. The summed E-state index contributed by atoms with van der Waals surface area (Å²) in [4.78, 5) is 12.5. The Morgan fingerprint density at radius 1 is 1.40 bits per heavy atom. The maximum absolute atomic E-state index is 13.8. The van der Waals surface area contributed by atoms with Gasteiger partial charge in [0.15, 0.2) is 0 Å². The van der Waals surface area contributed by atoms with Gasteiger partial charge in [-0.2, -0.15) is 0 Å². The highest BCUT2D eigenvalue weighted by atomic mass is 35.5. The van der Waals surface area contributed by atoms with Crippen LogP contribution in [0, 0.1) is 11.7 Å². The van der Waals surface area contributed by atoms with Gasteiger partial charge in [0.25, 0.3) is 0 Å². The molecule has 1 aliphatic rings. The van der Waals surface area contributed by atoms with E-state index in [0.29, 0.717) is 11.4 Å². The number of carbonyl (C=O) groups is 1. The lowest BCUT2D eigenvalue weighted by atomic mass is 9.82.